The predicted octanol–water partition coefficient (Wildman–Crippen LogP) is 6.83. The number of ether oxygens (including phenoxy) is 1. The fourth-order valence-electron chi connectivity index (χ4n) is 3.35. The minimum absolute atomic E-state index is 0.318. The van der Waals surface area contributed by atoms with Crippen LogP contribution in [-0.2, 0) is 11.2 Å². The van der Waals surface area contributed by atoms with Crippen LogP contribution in [-0.4, -0.2) is 11.1 Å². The third-order valence-electron chi connectivity index (χ3n) is 4.97. The molecule has 3 heteroatoms. The molecular weight excluding hydrogens is 336 g/mol. The van der Waals surface area contributed by atoms with Crippen molar-refractivity contribution in [1.29, 1.82) is 0 Å². The van der Waals surface area contributed by atoms with Crippen LogP contribution in [0.5, 0.6) is 5.75 Å². The molecule has 1 aromatic rings. The molecular formula is C24H34O3. The van der Waals surface area contributed by atoms with Crippen LogP contribution < -0.4 is 4.74 Å². The molecule has 0 atom stereocenters. The summed E-state index contributed by atoms with van der Waals surface area (Å²) in [5.41, 5.74) is 1.38. The van der Waals surface area contributed by atoms with Crippen LogP contribution in [0.25, 0.3) is 0 Å². The van der Waals surface area contributed by atoms with Crippen LogP contribution in [0, 0.1) is 0 Å². The minimum Gasteiger partial charge on any atom is -0.481 e. The Bertz CT molecular complexity index is 599. The first-order valence-electron chi connectivity index (χ1n) is 10.6. The number of rotatable bonds is 13. The van der Waals surface area contributed by atoms with Gasteiger partial charge in [-0.15, -0.1) is 0 Å². The van der Waals surface area contributed by atoms with Gasteiger partial charge >= 0.3 is 5.97 Å². The monoisotopic (exact) mass is 370 g/mol. The van der Waals surface area contributed by atoms with E-state index in [9.17, 15) is 4.79 Å². The molecule has 0 heterocycles. The lowest BCUT2D eigenvalue weighted by Gasteiger charge is -2.07. The number of unbranched alkanes of at least 4 members (excludes halogenated alkanes) is 7. The van der Waals surface area contributed by atoms with Crippen LogP contribution in [0.15, 0.2) is 48.3 Å². The van der Waals surface area contributed by atoms with Gasteiger partial charge in [-0.1, -0.05) is 56.7 Å². The molecule has 0 aromatic heterocycles. The zero-order valence-corrected chi connectivity index (χ0v) is 16.5. The first-order valence-corrected chi connectivity index (χ1v) is 10.6. The molecule has 0 unspecified atom stereocenters. The van der Waals surface area contributed by atoms with Gasteiger partial charge in [-0.05, 0) is 68.4 Å². The summed E-state index contributed by atoms with van der Waals surface area (Å²) in [7, 11) is 0. The SMILES string of the molecule is O=C(O)CCCCCCCCCCc1ccc(OC2=CCCCC=C2)cc1. The van der Waals surface area contributed by atoms with Crippen molar-refractivity contribution in [3.8, 4) is 5.75 Å². The van der Waals surface area contributed by atoms with Crippen LogP contribution in [0.3, 0.4) is 0 Å². The molecule has 0 fully saturated rings. The second kappa shape index (κ2) is 13.2. The van der Waals surface area contributed by atoms with Crippen molar-refractivity contribution in [2.45, 2.75) is 83.5 Å². The molecule has 1 aromatic carbocycles. The summed E-state index contributed by atoms with van der Waals surface area (Å²) in [5, 5.41) is 8.59. The molecule has 2 rings (SSSR count). The van der Waals surface area contributed by atoms with Gasteiger partial charge in [0, 0.05) is 6.42 Å². The van der Waals surface area contributed by atoms with E-state index >= 15 is 0 Å². The van der Waals surface area contributed by atoms with Crippen molar-refractivity contribution in [2.75, 3.05) is 0 Å². The van der Waals surface area contributed by atoms with E-state index in [-0.39, 0.29) is 0 Å². The number of aliphatic carboxylic acids is 1. The number of aryl methyl sites for hydroxylation is 1. The summed E-state index contributed by atoms with van der Waals surface area (Å²) in [6.45, 7) is 0. The Labute approximate surface area is 164 Å². The lowest BCUT2D eigenvalue weighted by molar-refractivity contribution is -0.137. The molecule has 0 spiro atoms. The Balaban J connectivity index is 1.52. The van der Waals surface area contributed by atoms with Gasteiger partial charge in [-0.2, -0.15) is 0 Å². The molecule has 0 radical (unpaired) electrons. The molecule has 27 heavy (non-hydrogen) atoms. The first-order chi connectivity index (χ1) is 13.2. The number of hydrogen-bond donors (Lipinski definition) is 1. The molecule has 0 saturated carbocycles. The molecule has 0 bridgehead atoms. The fourth-order valence-corrected chi connectivity index (χ4v) is 3.35. The van der Waals surface area contributed by atoms with Gasteiger partial charge in [0.1, 0.15) is 11.5 Å². The number of benzene rings is 1. The van der Waals surface area contributed by atoms with Gasteiger partial charge in [-0.3, -0.25) is 4.79 Å². The van der Waals surface area contributed by atoms with Crippen LogP contribution in [0.2, 0.25) is 0 Å². The standard InChI is InChI=1S/C24H34O3/c25-24(26)16-12-6-4-2-1-3-5-9-13-21-17-19-23(20-18-21)27-22-14-10-7-8-11-15-22/h10,14-15,17-20H,1-9,11-13,16H2,(H,25,26). The second-order valence-electron chi connectivity index (χ2n) is 7.41. The fraction of sp³-hybridized carbons (Fsp3) is 0.542. The van der Waals surface area contributed by atoms with Crippen molar-refractivity contribution in [1.82, 2.24) is 0 Å². The smallest absolute Gasteiger partial charge is 0.303 e. The zero-order chi connectivity index (χ0) is 19.2. The molecule has 0 aliphatic heterocycles. The van der Waals surface area contributed by atoms with E-state index in [1.165, 1.54) is 50.5 Å². The largest absolute Gasteiger partial charge is 0.481 e. The molecule has 1 N–H and O–H groups in total. The van der Waals surface area contributed by atoms with E-state index in [1.807, 2.05) is 0 Å². The van der Waals surface area contributed by atoms with E-state index < -0.39 is 5.97 Å². The summed E-state index contributed by atoms with van der Waals surface area (Å²) < 4.78 is 5.94. The summed E-state index contributed by atoms with van der Waals surface area (Å²) >= 11 is 0. The van der Waals surface area contributed by atoms with E-state index in [1.54, 1.807) is 0 Å². The highest BCUT2D eigenvalue weighted by molar-refractivity contribution is 5.66. The minimum atomic E-state index is -0.673. The maximum atomic E-state index is 10.4. The van der Waals surface area contributed by atoms with E-state index in [4.69, 9.17) is 9.84 Å². The second-order valence-corrected chi connectivity index (χ2v) is 7.41. The maximum absolute atomic E-state index is 10.4. The Morgan fingerprint density at radius 2 is 1.56 bits per heavy atom. The number of carboxylic acids is 1. The Kier molecular flexibility index (Phi) is 10.4. The van der Waals surface area contributed by atoms with E-state index in [0.717, 1.165) is 43.6 Å². The lowest BCUT2D eigenvalue weighted by atomic mass is 10.0. The Hall–Kier alpha value is -2.03. The normalized spacial score (nSPS) is 13.9. The van der Waals surface area contributed by atoms with Crippen molar-refractivity contribution >= 4 is 5.97 Å². The topological polar surface area (TPSA) is 46.5 Å². The van der Waals surface area contributed by atoms with E-state index in [0.29, 0.717) is 6.42 Å². The summed E-state index contributed by atoms with van der Waals surface area (Å²) in [6, 6.07) is 8.51. The Morgan fingerprint density at radius 1 is 0.889 bits per heavy atom. The molecule has 1 aliphatic carbocycles. The van der Waals surface area contributed by atoms with E-state index in [2.05, 4.69) is 42.5 Å². The average Bonchev–Trinajstić information content (AvgIpc) is 2.93. The first kappa shape index (κ1) is 21.3. The average molecular weight is 371 g/mol. The van der Waals surface area contributed by atoms with Crippen LogP contribution >= 0.6 is 0 Å². The van der Waals surface area contributed by atoms with Gasteiger partial charge < -0.3 is 9.84 Å². The summed E-state index contributed by atoms with van der Waals surface area (Å²) in [4.78, 5) is 10.4. The van der Waals surface area contributed by atoms with Crippen molar-refractivity contribution < 1.29 is 14.6 Å². The van der Waals surface area contributed by atoms with Crippen LogP contribution in [0.4, 0.5) is 0 Å². The summed E-state index contributed by atoms with van der Waals surface area (Å²) in [5.74, 6) is 1.20. The predicted molar refractivity (Wildman–Crippen MR) is 111 cm³/mol. The highest BCUT2D eigenvalue weighted by Gasteiger charge is 2.01. The molecule has 148 valence electrons. The highest BCUT2D eigenvalue weighted by atomic mass is 16.5. The quantitative estimate of drug-likeness (QED) is 0.387. The molecule has 3 nitrogen and oxygen atoms in total. The summed E-state index contributed by atoms with van der Waals surface area (Å²) in [6.07, 6.45) is 20.6. The highest BCUT2D eigenvalue weighted by Crippen LogP contribution is 2.19. The number of hydrogen-bond acceptors (Lipinski definition) is 2. The number of carboxylic acid groups (broad SMARTS) is 1. The van der Waals surface area contributed by atoms with Crippen molar-refractivity contribution in [2.24, 2.45) is 0 Å². The van der Waals surface area contributed by atoms with Gasteiger partial charge in [0.25, 0.3) is 0 Å². The molecule has 0 saturated heterocycles. The maximum Gasteiger partial charge on any atom is 0.303 e. The van der Waals surface area contributed by atoms with Gasteiger partial charge in [0.15, 0.2) is 0 Å². The molecule has 0 amide bonds. The third-order valence-corrected chi connectivity index (χ3v) is 4.97. The van der Waals surface area contributed by atoms with Gasteiger partial charge in [0.05, 0.1) is 0 Å². The van der Waals surface area contributed by atoms with Crippen molar-refractivity contribution in [3.63, 3.8) is 0 Å². The molecule has 1 aliphatic rings. The number of allylic oxidation sites excluding steroid dienone is 3. The van der Waals surface area contributed by atoms with Gasteiger partial charge in [0.2, 0.25) is 0 Å². The zero-order valence-electron chi connectivity index (χ0n) is 16.5. The van der Waals surface area contributed by atoms with Gasteiger partial charge in [-0.25, -0.2) is 0 Å². The van der Waals surface area contributed by atoms with Crippen molar-refractivity contribution in [3.05, 3.63) is 53.8 Å². The Morgan fingerprint density at radius 3 is 2.26 bits per heavy atom. The van der Waals surface area contributed by atoms with Crippen LogP contribution in [0.1, 0.15) is 82.6 Å². The number of carbonyl (C=O) groups is 1. The lowest BCUT2D eigenvalue weighted by Crippen LogP contribution is -1.93. The third kappa shape index (κ3) is 10.0.